The van der Waals surface area contributed by atoms with Crippen LogP contribution in [0.5, 0.6) is 0 Å². The smallest absolute Gasteiger partial charge is 0.250 e. The van der Waals surface area contributed by atoms with Gasteiger partial charge in [-0.2, -0.15) is 0 Å². The van der Waals surface area contributed by atoms with Crippen molar-refractivity contribution in [1.82, 2.24) is 10.2 Å². The fourth-order valence-electron chi connectivity index (χ4n) is 2.71. The van der Waals surface area contributed by atoms with Crippen molar-refractivity contribution >= 4 is 51.4 Å². The van der Waals surface area contributed by atoms with Gasteiger partial charge in [0.25, 0.3) is 0 Å². The molecule has 9 heteroatoms. The van der Waals surface area contributed by atoms with E-state index >= 15 is 0 Å². The standard InChI is InChI=1S/C17H21N5O2S2/c1-5-18-15-20-21-16(26-15)25-10(2)13(23)22-12-9-7-6-8-11(12)19-14(24)17(22,3)4/h6-10H,5H2,1-4H3,(H,18,20)(H,19,24)/t10-/m0/s1. The van der Waals surface area contributed by atoms with Gasteiger partial charge in [-0.15, -0.1) is 10.2 Å². The Morgan fingerprint density at radius 1 is 1.38 bits per heavy atom. The van der Waals surface area contributed by atoms with Crippen molar-refractivity contribution < 1.29 is 9.59 Å². The third-order valence-electron chi connectivity index (χ3n) is 4.09. The van der Waals surface area contributed by atoms with E-state index in [4.69, 9.17) is 0 Å². The Labute approximate surface area is 160 Å². The van der Waals surface area contributed by atoms with Crippen LogP contribution in [-0.2, 0) is 9.59 Å². The van der Waals surface area contributed by atoms with Gasteiger partial charge < -0.3 is 10.6 Å². The molecule has 2 heterocycles. The predicted octanol–water partition coefficient (Wildman–Crippen LogP) is 3.21. The molecule has 1 aromatic carbocycles. The highest BCUT2D eigenvalue weighted by atomic mass is 32.2. The number of hydrogen-bond acceptors (Lipinski definition) is 7. The van der Waals surface area contributed by atoms with Gasteiger partial charge in [-0.05, 0) is 39.8 Å². The van der Waals surface area contributed by atoms with Crippen molar-refractivity contribution in [3.63, 3.8) is 0 Å². The topological polar surface area (TPSA) is 87.2 Å². The van der Waals surface area contributed by atoms with Crippen molar-refractivity contribution in [2.75, 3.05) is 22.1 Å². The largest absolute Gasteiger partial charge is 0.360 e. The summed E-state index contributed by atoms with van der Waals surface area (Å²) >= 11 is 2.77. The van der Waals surface area contributed by atoms with Gasteiger partial charge in [0, 0.05) is 6.54 Å². The predicted molar refractivity (Wildman–Crippen MR) is 106 cm³/mol. The molecule has 2 aromatic rings. The molecular weight excluding hydrogens is 370 g/mol. The highest BCUT2D eigenvalue weighted by Crippen LogP contribution is 2.39. The molecule has 0 bridgehead atoms. The van der Waals surface area contributed by atoms with Crippen molar-refractivity contribution in [2.45, 2.75) is 42.8 Å². The molecule has 26 heavy (non-hydrogen) atoms. The summed E-state index contributed by atoms with van der Waals surface area (Å²) < 4.78 is 0.717. The molecule has 1 aliphatic rings. The Morgan fingerprint density at radius 3 is 2.85 bits per heavy atom. The average Bonchev–Trinajstić information content (AvgIpc) is 3.02. The van der Waals surface area contributed by atoms with Crippen molar-refractivity contribution in [3.8, 4) is 0 Å². The molecule has 0 saturated heterocycles. The number of amides is 2. The Bertz CT molecular complexity index is 836. The summed E-state index contributed by atoms with van der Waals surface area (Å²) in [5, 5.41) is 14.5. The zero-order chi connectivity index (χ0) is 18.9. The van der Waals surface area contributed by atoms with Gasteiger partial charge in [0.1, 0.15) is 5.54 Å². The lowest BCUT2D eigenvalue weighted by Crippen LogP contribution is -2.60. The Kier molecular flexibility index (Phi) is 5.19. The number of nitrogens with one attached hydrogen (secondary N) is 2. The number of hydrogen-bond donors (Lipinski definition) is 2. The number of para-hydroxylation sites is 2. The third-order valence-corrected chi connectivity index (χ3v) is 6.14. The van der Waals surface area contributed by atoms with Crippen LogP contribution in [0.1, 0.15) is 27.7 Å². The lowest BCUT2D eigenvalue weighted by atomic mass is 9.96. The van der Waals surface area contributed by atoms with Crippen LogP contribution in [0.4, 0.5) is 16.5 Å². The van der Waals surface area contributed by atoms with Gasteiger partial charge in [-0.3, -0.25) is 14.5 Å². The van der Waals surface area contributed by atoms with Gasteiger partial charge in [0.05, 0.1) is 16.6 Å². The minimum atomic E-state index is -0.976. The maximum absolute atomic E-state index is 13.2. The number of fused-ring (bicyclic) bond motifs is 1. The van der Waals surface area contributed by atoms with Crippen LogP contribution in [0, 0.1) is 0 Å². The molecule has 1 aliphatic heterocycles. The van der Waals surface area contributed by atoms with Crippen molar-refractivity contribution in [2.24, 2.45) is 0 Å². The van der Waals surface area contributed by atoms with Crippen LogP contribution in [0.2, 0.25) is 0 Å². The number of anilines is 3. The highest BCUT2D eigenvalue weighted by Gasteiger charge is 2.44. The van der Waals surface area contributed by atoms with Crippen molar-refractivity contribution in [1.29, 1.82) is 0 Å². The molecule has 0 spiro atoms. The van der Waals surface area contributed by atoms with E-state index in [2.05, 4.69) is 20.8 Å². The fraction of sp³-hybridized carbons (Fsp3) is 0.412. The van der Waals surface area contributed by atoms with E-state index in [-0.39, 0.29) is 11.8 Å². The van der Waals surface area contributed by atoms with Crippen LogP contribution in [0.25, 0.3) is 0 Å². The third kappa shape index (κ3) is 3.41. The Morgan fingerprint density at radius 2 is 2.12 bits per heavy atom. The quantitative estimate of drug-likeness (QED) is 0.761. The number of aromatic nitrogens is 2. The minimum Gasteiger partial charge on any atom is -0.360 e. The van der Waals surface area contributed by atoms with E-state index < -0.39 is 10.8 Å². The molecule has 2 N–H and O–H groups in total. The van der Waals surface area contributed by atoms with E-state index in [9.17, 15) is 9.59 Å². The molecular formula is C17H21N5O2S2. The van der Waals surface area contributed by atoms with Gasteiger partial charge >= 0.3 is 0 Å². The monoisotopic (exact) mass is 391 g/mol. The lowest BCUT2D eigenvalue weighted by molar-refractivity contribution is -0.126. The maximum atomic E-state index is 13.2. The summed E-state index contributed by atoms with van der Waals surface area (Å²) in [5.74, 6) is -0.338. The molecule has 3 rings (SSSR count). The molecule has 0 saturated carbocycles. The lowest BCUT2D eigenvalue weighted by Gasteiger charge is -2.42. The first-order valence-corrected chi connectivity index (χ1v) is 10.0. The van der Waals surface area contributed by atoms with Gasteiger partial charge in [-0.1, -0.05) is 35.2 Å². The summed E-state index contributed by atoms with van der Waals surface area (Å²) in [5.41, 5.74) is 0.379. The summed E-state index contributed by atoms with van der Waals surface area (Å²) in [7, 11) is 0. The van der Waals surface area contributed by atoms with Crippen LogP contribution >= 0.6 is 23.1 Å². The molecule has 138 valence electrons. The Hall–Kier alpha value is -2.13. The molecule has 7 nitrogen and oxygen atoms in total. The zero-order valence-electron chi connectivity index (χ0n) is 15.1. The number of carbonyl (C=O) groups excluding carboxylic acids is 2. The van der Waals surface area contributed by atoms with Crippen LogP contribution in [0.3, 0.4) is 0 Å². The molecule has 0 fully saturated rings. The SMILES string of the molecule is CCNc1nnc(S[C@@H](C)C(=O)N2c3ccccc3NC(=O)C2(C)C)s1. The second-order valence-electron chi connectivity index (χ2n) is 6.37. The highest BCUT2D eigenvalue weighted by molar-refractivity contribution is 8.02. The molecule has 1 atom stereocenters. The van der Waals surface area contributed by atoms with E-state index in [0.717, 1.165) is 11.7 Å². The van der Waals surface area contributed by atoms with E-state index in [1.54, 1.807) is 24.8 Å². The summed E-state index contributed by atoms with van der Waals surface area (Å²) in [6, 6.07) is 7.34. The first-order chi connectivity index (χ1) is 12.3. The average molecular weight is 392 g/mol. The molecule has 1 aromatic heterocycles. The summed E-state index contributed by atoms with van der Waals surface area (Å²) in [6.07, 6.45) is 0. The number of carbonyl (C=O) groups is 2. The number of nitrogens with zero attached hydrogens (tertiary/aromatic N) is 3. The number of thioether (sulfide) groups is 1. The summed E-state index contributed by atoms with van der Waals surface area (Å²) in [4.78, 5) is 27.3. The van der Waals surface area contributed by atoms with Crippen LogP contribution in [-0.4, -0.2) is 39.3 Å². The molecule has 0 radical (unpaired) electrons. The van der Waals surface area contributed by atoms with Crippen LogP contribution in [0.15, 0.2) is 28.6 Å². The van der Waals surface area contributed by atoms with E-state index in [0.29, 0.717) is 15.7 Å². The number of rotatable bonds is 5. The second-order valence-corrected chi connectivity index (χ2v) is 8.93. The summed E-state index contributed by atoms with van der Waals surface area (Å²) in [6.45, 7) is 8.08. The zero-order valence-corrected chi connectivity index (χ0v) is 16.7. The Balaban J connectivity index is 1.85. The fourth-order valence-corrected chi connectivity index (χ4v) is 4.71. The first kappa shape index (κ1) is 18.7. The van der Waals surface area contributed by atoms with E-state index in [1.165, 1.54) is 23.1 Å². The van der Waals surface area contributed by atoms with Gasteiger partial charge in [0.2, 0.25) is 16.9 Å². The second kappa shape index (κ2) is 7.24. The normalized spacial score (nSPS) is 16.6. The maximum Gasteiger partial charge on any atom is 0.250 e. The molecule has 2 amide bonds. The van der Waals surface area contributed by atoms with Crippen LogP contribution < -0.4 is 15.5 Å². The van der Waals surface area contributed by atoms with Gasteiger partial charge in [-0.25, -0.2) is 0 Å². The number of benzene rings is 1. The molecule has 0 unspecified atom stereocenters. The van der Waals surface area contributed by atoms with Crippen molar-refractivity contribution in [3.05, 3.63) is 24.3 Å². The first-order valence-electron chi connectivity index (χ1n) is 8.33. The van der Waals surface area contributed by atoms with Gasteiger partial charge in [0.15, 0.2) is 4.34 Å². The minimum absolute atomic E-state index is 0.137. The molecule has 0 aliphatic carbocycles. The van der Waals surface area contributed by atoms with E-state index in [1.807, 2.05) is 32.0 Å².